The minimum absolute atomic E-state index is 0.00383. The van der Waals surface area contributed by atoms with Gasteiger partial charge < -0.3 is 10.1 Å². The molecular formula is C18H15FN4O3. The van der Waals surface area contributed by atoms with Crippen LogP contribution in [-0.4, -0.2) is 21.1 Å². The molecule has 0 aliphatic carbocycles. The second-order valence-electron chi connectivity index (χ2n) is 5.53. The molecule has 8 heteroatoms. The molecule has 26 heavy (non-hydrogen) atoms. The molecule has 3 aromatic rings. The van der Waals surface area contributed by atoms with Crippen molar-refractivity contribution in [2.45, 2.75) is 13.8 Å². The number of amides is 1. The van der Waals surface area contributed by atoms with Crippen LogP contribution >= 0.6 is 0 Å². The molecule has 0 saturated carbocycles. The Balaban J connectivity index is 1.73. The van der Waals surface area contributed by atoms with Gasteiger partial charge in [-0.05, 0) is 49.7 Å². The Hall–Kier alpha value is -3.55. The van der Waals surface area contributed by atoms with E-state index in [-0.39, 0.29) is 17.3 Å². The fourth-order valence-electron chi connectivity index (χ4n) is 2.23. The first-order valence-corrected chi connectivity index (χ1v) is 7.71. The van der Waals surface area contributed by atoms with Gasteiger partial charge in [-0.25, -0.2) is 14.5 Å². The molecule has 0 atom stereocenters. The first kappa shape index (κ1) is 17.3. The Morgan fingerprint density at radius 2 is 1.88 bits per heavy atom. The number of halogens is 1. The summed E-state index contributed by atoms with van der Waals surface area (Å²) in [5.41, 5.74) is 0.917. The maximum atomic E-state index is 12.9. The highest BCUT2D eigenvalue weighted by Gasteiger charge is 2.16. The fourth-order valence-corrected chi connectivity index (χ4v) is 2.23. The zero-order valence-corrected chi connectivity index (χ0v) is 14.0. The number of benzene rings is 1. The SMILES string of the molecule is Cc1n[nH]c(=O)c(C(=O)Nc2ccc(Oc3ccc(F)cc3)nc2)c1C. The third-order valence-corrected chi connectivity index (χ3v) is 3.73. The second kappa shape index (κ2) is 7.14. The smallest absolute Gasteiger partial charge is 0.277 e. The van der Waals surface area contributed by atoms with Crippen LogP contribution in [0, 0.1) is 19.7 Å². The van der Waals surface area contributed by atoms with Crippen LogP contribution < -0.4 is 15.6 Å². The summed E-state index contributed by atoms with van der Waals surface area (Å²) in [6.45, 7) is 3.36. The standard InChI is InChI=1S/C18H15FN4O3/c1-10-11(2)22-23-18(25)16(10)17(24)21-13-5-8-15(20-9-13)26-14-6-3-12(19)4-7-14/h3-9H,1-2H3,(H,21,24)(H,23,25). The van der Waals surface area contributed by atoms with Crippen molar-refractivity contribution in [3.05, 3.63) is 75.6 Å². The van der Waals surface area contributed by atoms with E-state index in [0.717, 1.165) is 0 Å². The molecule has 0 unspecified atom stereocenters. The van der Waals surface area contributed by atoms with E-state index in [1.165, 1.54) is 30.5 Å². The molecule has 1 aromatic carbocycles. The lowest BCUT2D eigenvalue weighted by Crippen LogP contribution is -2.26. The van der Waals surface area contributed by atoms with Crippen molar-refractivity contribution in [1.29, 1.82) is 0 Å². The van der Waals surface area contributed by atoms with E-state index in [1.807, 2.05) is 0 Å². The van der Waals surface area contributed by atoms with Crippen LogP contribution in [0.1, 0.15) is 21.6 Å². The summed E-state index contributed by atoms with van der Waals surface area (Å²) >= 11 is 0. The maximum absolute atomic E-state index is 12.9. The highest BCUT2D eigenvalue weighted by molar-refractivity contribution is 6.05. The number of aromatic amines is 1. The van der Waals surface area contributed by atoms with Crippen LogP contribution in [0.15, 0.2) is 47.4 Å². The van der Waals surface area contributed by atoms with E-state index in [0.29, 0.717) is 22.7 Å². The lowest BCUT2D eigenvalue weighted by Gasteiger charge is -2.09. The van der Waals surface area contributed by atoms with E-state index in [2.05, 4.69) is 20.5 Å². The molecule has 2 aromatic heterocycles. The van der Waals surface area contributed by atoms with E-state index < -0.39 is 11.5 Å². The number of aryl methyl sites for hydroxylation is 1. The molecule has 0 fully saturated rings. The maximum Gasteiger partial charge on any atom is 0.277 e. The Labute approximate surface area is 147 Å². The minimum atomic E-state index is -0.560. The summed E-state index contributed by atoms with van der Waals surface area (Å²) in [4.78, 5) is 28.3. The zero-order chi connectivity index (χ0) is 18.7. The molecule has 0 saturated heterocycles. The monoisotopic (exact) mass is 354 g/mol. The van der Waals surface area contributed by atoms with Crippen molar-refractivity contribution in [1.82, 2.24) is 15.2 Å². The number of rotatable bonds is 4. The number of hydrogen-bond acceptors (Lipinski definition) is 5. The molecule has 2 N–H and O–H groups in total. The highest BCUT2D eigenvalue weighted by atomic mass is 19.1. The largest absolute Gasteiger partial charge is 0.439 e. The van der Waals surface area contributed by atoms with E-state index in [1.54, 1.807) is 26.0 Å². The Morgan fingerprint density at radius 3 is 2.54 bits per heavy atom. The average Bonchev–Trinajstić information content (AvgIpc) is 2.62. The van der Waals surface area contributed by atoms with Gasteiger partial charge in [-0.1, -0.05) is 0 Å². The van der Waals surface area contributed by atoms with E-state index in [4.69, 9.17) is 4.74 Å². The van der Waals surface area contributed by atoms with Crippen molar-refractivity contribution in [3.8, 4) is 11.6 Å². The predicted molar refractivity (Wildman–Crippen MR) is 93.0 cm³/mol. The Bertz CT molecular complexity index is 998. The molecule has 132 valence electrons. The van der Waals surface area contributed by atoms with Gasteiger partial charge in [0.05, 0.1) is 17.6 Å². The van der Waals surface area contributed by atoms with Crippen molar-refractivity contribution in [2.24, 2.45) is 0 Å². The predicted octanol–water partition coefficient (Wildman–Crippen LogP) is 2.97. The van der Waals surface area contributed by atoms with Crippen LogP contribution in [0.2, 0.25) is 0 Å². The van der Waals surface area contributed by atoms with E-state index >= 15 is 0 Å². The van der Waals surface area contributed by atoms with Gasteiger partial charge in [0.2, 0.25) is 5.88 Å². The molecule has 0 radical (unpaired) electrons. The molecule has 1 amide bonds. The summed E-state index contributed by atoms with van der Waals surface area (Å²) in [7, 11) is 0. The van der Waals surface area contributed by atoms with Gasteiger partial charge in [-0.2, -0.15) is 5.10 Å². The molecule has 0 aliphatic heterocycles. The number of nitrogens with zero attached hydrogens (tertiary/aromatic N) is 2. The summed E-state index contributed by atoms with van der Waals surface area (Å²) in [5.74, 6) is -0.197. The van der Waals surface area contributed by atoms with Crippen LogP contribution in [0.4, 0.5) is 10.1 Å². The lowest BCUT2D eigenvalue weighted by molar-refractivity contribution is 0.102. The van der Waals surface area contributed by atoms with Gasteiger partial charge in [0, 0.05) is 6.07 Å². The van der Waals surface area contributed by atoms with Gasteiger partial charge in [0.15, 0.2) is 0 Å². The second-order valence-corrected chi connectivity index (χ2v) is 5.53. The summed E-state index contributed by atoms with van der Waals surface area (Å²) in [5, 5.41) is 8.71. The molecule has 0 aliphatic rings. The molecule has 7 nitrogen and oxygen atoms in total. The quantitative estimate of drug-likeness (QED) is 0.751. The van der Waals surface area contributed by atoms with Gasteiger partial charge in [-0.15, -0.1) is 0 Å². The number of hydrogen-bond donors (Lipinski definition) is 2. The minimum Gasteiger partial charge on any atom is -0.439 e. The third kappa shape index (κ3) is 3.75. The number of H-pyrrole nitrogens is 1. The summed E-state index contributed by atoms with van der Waals surface area (Å²) in [6, 6.07) is 8.65. The molecular weight excluding hydrogens is 339 g/mol. The highest BCUT2D eigenvalue weighted by Crippen LogP contribution is 2.21. The third-order valence-electron chi connectivity index (χ3n) is 3.73. The van der Waals surface area contributed by atoms with Gasteiger partial charge in [0.25, 0.3) is 11.5 Å². The molecule has 0 spiro atoms. The van der Waals surface area contributed by atoms with Crippen LogP contribution in [0.3, 0.4) is 0 Å². The number of ether oxygens (including phenoxy) is 1. The number of anilines is 1. The molecule has 0 bridgehead atoms. The topological polar surface area (TPSA) is 97.0 Å². The number of carbonyl (C=O) groups excluding carboxylic acids is 1. The summed E-state index contributed by atoms with van der Waals surface area (Å²) in [6.07, 6.45) is 1.40. The van der Waals surface area contributed by atoms with Crippen molar-refractivity contribution in [3.63, 3.8) is 0 Å². The van der Waals surface area contributed by atoms with Crippen LogP contribution in [-0.2, 0) is 0 Å². The molecule has 3 rings (SSSR count). The number of aromatic nitrogens is 3. The zero-order valence-electron chi connectivity index (χ0n) is 14.0. The first-order valence-electron chi connectivity index (χ1n) is 7.71. The van der Waals surface area contributed by atoms with Gasteiger partial charge in [-0.3, -0.25) is 9.59 Å². The van der Waals surface area contributed by atoms with Crippen molar-refractivity contribution < 1.29 is 13.9 Å². The van der Waals surface area contributed by atoms with Crippen molar-refractivity contribution in [2.75, 3.05) is 5.32 Å². The van der Waals surface area contributed by atoms with Crippen molar-refractivity contribution >= 4 is 11.6 Å². The fraction of sp³-hybridized carbons (Fsp3) is 0.111. The van der Waals surface area contributed by atoms with E-state index in [9.17, 15) is 14.0 Å². The van der Waals surface area contributed by atoms with Gasteiger partial charge >= 0.3 is 0 Å². The number of carbonyl (C=O) groups is 1. The Morgan fingerprint density at radius 1 is 1.15 bits per heavy atom. The lowest BCUT2D eigenvalue weighted by atomic mass is 10.1. The normalized spacial score (nSPS) is 10.4. The van der Waals surface area contributed by atoms with Crippen LogP contribution in [0.25, 0.3) is 0 Å². The number of nitrogens with one attached hydrogen (secondary N) is 2. The van der Waals surface area contributed by atoms with Gasteiger partial charge in [0.1, 0.15) is 17.1 Å². The number of pyridine rings is 1. The Kier molecular flexibility index (Phi) is 4.74. The first-order chi connectivity index (χ1) is 12.4. The van der Waals surface area contributed by atoms with Crippen LogP contribution in [0.5, 0.6) is 11.6 Å². The average molecular weight is 354 g/mol. The molecule has 2 heterocycles. The summed E-state index contributed by atoms with van der Waals surface area (Å²) < 4.78 is 18.4.